The maximum Gasteiger partial charge on any atom is 0.472 e. The van der Waals surface area contributed by atoms with E-state index in [0.717, 1.165) is 56.3 Å². The van der Waals surface area contributed by atoms with Gasteiger partial charge in [-0.2, -0.15) is 0 Å². The molecule has 0 bridgehead atoms. The van der Waals surface area contributed by atoms with Crippen LogP contribution in [-0.4, -0.2) is 48.3 Å². The Hall–Kier alpha value is 0.0700. The molecule has 1 aliphatic rings. The fraction of sp³-hybridized carbons (Fsp3) is 1.00. The summed E-state index contributed by atoms with van der Waals surface area (Å²) in [5.41, 5.74) is 0. The van der Waals surface area contributed by atoms with Crippen LogP contribution >= 0.6 is 7.82 Å². The molecule has 1 saturated heterocycles. The lowest BCUT2D eigenvalue weighted by Gasteiger charge is -2.42. The average molecular weight is 491 g/mol. The Kier molecular flexibility index (Phi) is 18.2. The van der Waals surface area contributed by atoms with E-state index in [0.29, 0.717) is 6.61 Å². The van der Waals surface area contributed by atoms with Crippen LogP contribution in [0.15, 0.2) is 0 Å². The summed E-state index contributed by atoms with van der Waals surface area (Å²) < 4.78 is 24.1. The van der Waals surface area contributed by atoms with Gasteiger partial charge in [0.25, 0.3) is 0 Å². The topological polar surface area (TPSA) is 55.8 Å². The van der Waals surface area contributed by atoms with Crippen molar-refractivity contribution in [2.24, 2.45) is 0 Å². The Morgan fingerprint density at radius 1 is 0.697 bits per heavy atom. The smallest absolute Gasteiger partial charge is 0.324 e. The van der Waals surface area contributed by atoms with Crippen molar-refractivity contribution in [3.63, 3.8) is 0 Å². The Bertz CT molecular complexity index is 489. The molecule has 1 aliphatic heterocycles. The van der Waals surface area contributed by atoms with E-state index in [-0.39, 0.29) is 6.10 Å². The molecule has 0 amide bonds. The summed E-state index contributed by atoms with van der Waals surface area (Å²) in [6.45, 7) is 11.3. The molecule has 5 nitrogen and oxygen atoms in total. The zero-order chi connectivity index (χ0) is 24.3. The minimum absolute atomic E-state index is 0.143. The lowest BCUT2D eigenvalue weighted by Crippen LogP contribution is -2.53. The summed E-state index contributed by atoms with van der Waals surface area (Å²) in [6.07, 6.45) is 22.6. The molecule has 1 N–H and O–H groups in total. The summed E-state index contributed by atoms with van der Waals surface area (Å²) in [7, 11) is -3.92. The van der Waals surface area contributed by atoms with Crippen molar-refractivity contribution in [3.05, 3.63) is 0 Å². The van der Waals surface area contributed by atoms with Gasteiger partial charge in [-0.25, -0.2) is 4.57 Å². The number of likely N-dealkylation sites (tertiary alicyclic amines) is 1. The molecule has 6 heteroatoms. The Morgan fingerprint density at radius 2 is 1.09 bits per heavy atom. The maximum absolute atomic E-state index is 12.2. The summed E-state index contributed by atoms with van der Waals surface area (Å²) in [4.78, 5) is 10.0. The first kappa shape index (κ1) is 31.1. The molecule has 0 aliphatic carbocycles. The second-order valence-electron chi connectivity index (χ2n) is 10.3. The molecule has 1 fully saturated rings. The van der Waals surface area contributed by atoms with Gasteiger partial charge in [0, 0.05) is 12.8 Å². The van der Waals surface area contributed by atoms with Crippen molar-refractivity contribution < 1.29 is 23.0 Å². The molecule has 0 aromatic carbocycles. The predicted molar refractivity (Wildman–Crippen MR) is 141 cm³/mol. The van der Waals surface area contributed by atoms with Gasteiger partial charge < -0.3 is 9.38 Å². The molecule has 33 heavy (non-hydrogen) atoms. The van der Waals surface area contributed by atoms with Crippen LogP contribution in [0.5, 0.6) is 0 Å². The van der Waals surface area contributed by atoms with E-state index >= 15 is 0 Å². The van der Waals surface area contributed by atoms with Crippen molar-refractivity contribution in [3.8, 4) is 0 Å². The normalized spacial score (nSPS) is 18.4. The zero-order valence-electron chi connectivity index (χ0n) is 22.4. The van der Waals surface area contributed by atoms with Crippen LogP contribution in [0, 0.1) is 0 Å². The number of unbranched alkanes of at least 4 members (excludes halogenated alkanes) is 15. The molecular weight excluding hydrogens is 433 g/mol. The second-order valence-corrected chi connectivity index (χ2v) is 11.7. The highest BCUT2D eigenvalue weighted by Gasteiger charge is 2.35. The highest BCUT2D eigenvalue weighted by atomic mass is 31.2. The number of hydrogen-bond donors (Lipinski definition) is 1. The number of rotatable bonds is 22. The van der Waals surface area contributed by atoms with Gasteiger partial charge in [0.15, 0.2) is 0 Å². The summed E-state index contributed by atoms with van der Waals surface area (Å²) in [6, 6.07) is 0. The van der Waals surface area contributed by atoms with Gasteiger partial charge in [0.2, 0.25) is 0 Å². The molecule has 0 saturated carbocycles. The minimum atomic E-state index is -3.92. The van der Waals surface area contributed by atoms with Gasteiger partial charge in [-0.3, -0.25) is 9.05 Å². The van der Waals surface area contributed by atoms with Crippen molar-refractivity contribution in [1.82, 2.24) is 0 Å². The molecule has 0 spiro atoms. The van der Waals surface area contributed by atoms with Gasteiger partial charge >= 0.3 is 7.82 Å². The van der Waals surface area contributed by atoms with Crippen LogP contribution in [-0.2, 0) is 13.6 Å². The fourth-order valence-corrected chi connectivity index (χ4v) is 6.11. The molecule has 0 radical (unpaired) electrons. The number of phosphoric ester groups is 1. The van der Waals surface area contributed by atoms with E-state index in [4.69, 9.17) is 9.05 Å². The van der Waals surface area contributed by atoms with Crippen LogP contribution in [0.2, 0.25) is 0 Å². The molecule has 1 unspecified atom stereocenters. The zero-order valence-corrected chi connectivity index (χ0v) is 23.3. The Balaban J connectivity index is 1.89. The Labute approximate surface area is 206 Å². The van der Waals surface area contributed by atoms with E-state index < -0.39 is 7.82 Å². The van der Waals surface area contributed by atoms with E-state index in [1.807, 2.05) is 0 Å². The molecular formula is C27H57NO4P+. The van der Waals surface area contributed by atoms with Crippen molar-refractivity contribution in [2.75, 3.05) is 32.8 Å². The summed E-state index contributed by atoms with van der Waals surface area (Å²) >= 11 is 0. The average Bonchev–Trinajstić information content (AvgIpc) is 2.81. The number of phosphoric acid groups is 1. The lowest BCUT2D eigenvalue weighted by atomic mass is 10.0. The SMILES string of the molecule is CCCCCCCCCCCCCCCCCCOP(=O)(O)OC1CC[N+](CC)(CC)CC1. The molecule has 1 heterocycles. The number of piperidine rings is 1. The second kappa shape index (κ2) is 19.3. The predicted octanol–water partition coefficient (Wildman–Crippen LogP) is 8.40. The van der Waals surface area contributed by atoms with Crippen LogP contribution in [0.4, 0.5) is 0 Å². The van der Waals surface area contributed by atoms with E-state index in [1.54, 1.807) is 0 Å². The van der Waals surface area contributed by atoms with Crippen LogP contribution in [0.3, 0.4) is 0 Å². The van der Waals surface area contributed by atoms with Gasteiger partial charge in [0.05, 0.1) is 38.9 Å². The third kappa shape index (κ3) is 15.6. The van der Waals surface area contributed by atoms with E-state index in [9.17, 15) is 9.46 Å². The van der Waals surface area contributed by atoms with Crippen molar-refractivity contribution in [2.45, 2.75) is 142 Å². The lowest BCUT2D eigenvalue weighted by molar-refractivity contribution is -0.930. The van der Waals surface area contributed by atoms with Crippen LogP contribution in [0.1, 0.15) is 136 Å². The Morgan fingerprint density at radius 3 is 1.48 bits per heavy atom. The summed E-state index contributed by atoms with van der Waals surface area (Å²) in [5.74, 6) is 0. The van der Waals surface area contributed by atoms with Crippen LogP contribution in [0.25, 0.3) is 0 Å². The monoisotopic (exact) mass is 490 g/mol. The third-order valence-corrected chi connectivity index (χ3v) is 8.80. The first-order valence-corrected chi connectivity index (χ1v) is 16.0. The van der Waals surface area contributed by atoms with Crippen molar-refractivity contribution >= 4 is 7.82 Å². The number of hydrogen-bond acceptors (Lipinski definition) is 3. The van der Waals surface area contributed by atoms with Gasteiger partial charge in [-0.1, -0.05) is 103 Å². The number of quaternary nitrogens is 1. The molecule has 0 aromatic heterocycles. The van der Waals surface area contributed by atoms with Gasteiger partial charge in [-0.05, 0) is 20.3 Å². The first-order chi connectivity index (χ1) is 16.0. The highest BCUT2D eigenvalue weighted by Crippen LogP contribution is 2.46. The molecule has 198 valence electrons. The quantitative estimate of drug-likeness (QED) is 0.0940. The van der Waals surface area contributed by atoms with E-state index in [2.05, 4.69) is 20.8 Å². The molecule has 1 atom stereocenters. The van der Waals surface area contributed by atoms with Crippen molar-refractivity contribution in [1.29, 1.82) is 0 Å². The largest absolute Gasteiger partial charge is 0.472 e. The van der Waals surface area contributed by atoms with Gasteiger partial charge in [0.1, 0.15) is 0 Å². The fourth-order valence-electron chi connectivity index (χ4n) is 5.10. The maximum atomic E-state index is 12.2. The minimum Gasteiger partial charge on any atom is -0.324 e. The van der Waals surface area contributed by atoms with E-state index in [1.165, 1.54) is 89.9 Å². The molecule has 0 aromatic rings. The number of nitrogens with zero attached hydrogens (tertiary/aromatic N) is 1. The standard InChI is InChI=1S/C27H56NO4P/c1-4-7-8-9-10-11-12-13-14-15-16-17-18-19-20-21-26-31-33(29,30)32-27-22-24-28(5-2,6-3)25-23-27/h27H,4-26H2,1-3H3/p+1. The first-order valence-electron chi connectivity index (χ1n) is 14.5. The summed E-state index contributed by atoms with van der Waals surface area (Å²) in [5, 5.41) is 0. The molecule has 1 rings (SSSR count). The van der Waals surface area contributed by atoms with Crippen LogP contribution < -0.4 is 0 Å². The highest BCUT2D eigenvalue weighted by molar-refractivity contribution is 7.47. The third-order valence-electron chi connectivity index (χ3n) is 7.73. The van der Waals surface area contributed by atoms with Gasteiger partial charge in [-0.15, -0.1) is 0 Å².